The van der Waals surface area contributed by atoms with Crippen molar-refractivity contribution in [3.63, 3.8) is 0 Å². The van der Waals surface area contributed by atoms with Crippen molar-refractivity contribution in [3.05, 3.63) is 11.6 Å². The molecule has 4 aliphatic carbocycles. The van der Waals surface area contributed by atoms with Gasteiger partial charge in [0.2, 0.25) is 0 Å². The molecule has 0 spiro atoms. The van der Waals surface area contributed by atoms with Gasteiger partial charge in [-0.1, -0.05) is 108 Å². The summed E-state index contributed by atoms with van der Waals surface area (Å²) in [5, 5.41) is 0. The van der Waals surface area contributed by atoms with Crippen LogP contribution in [0.1, 0.15) is 148 Å². The van der Waals surface area contributed by atoms with Crippen molar-refractivity contribution in [3.8, 4) is 0 Å². The van der Waals surface area contributed by atoms with Crippen molar-refractivity contribution >= 4 is 0 Å². The first-order valence-electron chi connectivity index (χ1n) is 14.6. The highest BCUT2D eigenvalue weighted by atomic mass is 14.4. The van der Waals surface area contributed by atoms with Crippen LogP contribution in [-0.2, 0) is 0 Å². The summed E-state index contributed by atoms with van der Waals surface area (Å²) < 4.78 is 0. The smallest absolute Gasteiger partial charge is 0.0203 e. The third-order valence-corrected chi connectivity index (χ3v) is 9.91. The van der Waals surface area contributed by atoms with Crippen LogP contribution in [0.4, 0.5) is 0 Å². The number of allylic oxidation sites excluding steroid dienone is 2. The summed E-state index contributed by atoms with van der Waals surface area (Å²) in [6.45, 7) is 0. The van der Waals surface area contributed by atoms with E-state index in [9.17, 15) is 0 Å². The minimum absolute atomic E-state index is 0.953. The second-order valence-corrected chi connectivity index (χ2v) is 11.8. The molecule has 4 aliphatic rings. The van der Waals surface area contributed by atoms with Crippen LogP contribution in [0.2, 0.25) is 0 Å². The van der Waals surface area contributed by atoms with Crippen molar-refractivity contribution in [2.75, 3.05) is 0 Å². The molecule has 0 heteroatoms. The lowest BCUT2D eigenvalue weighted by molar-refractivity contribution is 0.230. The molecular weight excluding hydrogens is 360 g/mol. The maximum Gasteiger partial charge on any atom is -0.0203 e. The average molecular weight is 413 g/mol. The summed E-state index contributed by atoms with van der Waals surface area (Å²) in [4.78, 5) is 0. The van der Waals surface area contributed by atoms with Crippen LogP contribution in [0.25, 0.3) is 0 Å². The van der Waals surface area contributed by atoms with Crippen molar-refractivity contribution in [1.82, 2.24) is 0 Å². The zero-order chi connectivity index (χ0) is 20.4. The molecule has 0 N–H and O–H groups in total. The topological polar surface area (TPSA) is 0 Å². The first-order chi connectivity index (χ1) is 14.9. The maximum absolute atomic E-state index is 2.73. The fourth-order valence-electron chi connectivity index (χ4n) is 8.02. The Hall–Kier alpha value is -0.260. The van der Waals surface area contributed by atoms with Gasteiger partial charge in [0.25, 0.3) is 0 Å². The number of rotatable bonds is 0. The number of hydrogen-bond acceptors (Lipinski definition) is 0. The Bertz CT molecular complexity index is 502. The molecule has 172 valence electrons. The minimum atomic E-state index is 0.953. The zero-order valence-electron chi connectivity index (χ0n) is 20.2. The van der Waals surface area contributed by atoms with Crippen molar-refractivity contribution in [1.29, 1.82) is 0 Å². The summed E-state index contributed by atoms with van der Waals surface area (Å²) in [5.41, 5.74) is 1.91. The third-order valence-electron chi connectivity index (χ3n) is 9.91. The lowest BCUT2D eigenvalue weighted by Gasteiger charge is -2.28. The van der Waals surface area contributed by atoms with Gasteiger partial charge in [-0.3, -0.25) is 0 Å². The van der Waals surface area contributed by atoms with Crippen molar-refractivity contribution in [2.45, 2.75) is 148 Å². The normalized spacial score (nSPS) is 38.1. The van der Waals surface area contributed by atoms with Gasteiger partial charge in [-0.15, -0.1) is 0 Å². The first-order valence-corrected chi connectivity index (χ1v) is 14.6. The Kier molecular flexibility index (Phi) is 9.70. The second kappa shape index (κ2) is 12.7. The van der Waals surface area contributed by atoms with Crippen LogP contribution in [0.5, 0.6) is 0 Å². The van der Waals surface area contributed by atoms with E-state index in [2.05, 4.69) is 6.08 Å². The molecule has 0 aliphatic heterocycles. The summed E-state index contributed by atoms with van der Waals surface area (Å²) >= 11 is 0. The van der Waals surface area contributed by atoms with Crippen molar-refractivity contribution < 1.29 is 0 Å². The number of hydrogen-bond donors (Lipinski definition) is 0. The molecule has 3 saturated carbocycles. The predicted molar refractivity (Wildman–Crippen MR) is 132 cm³/mol. The molecule has 0 aromatic carbocycles. The zero-order valence-corrected chi connectivity index (χ0v) is 20.2. The van der Waals surface area contributed by atoms with Crippen LogP contribution in [-0.4, -0.2) is 0 Å². The Morgan fingerprint density at radius 1 is 0.400 bits per heavy atom. The van der Waals surface area contributed by atoms with Gasteiger partial charge >= 0.3 is 0 Å². The fourth-order valence-corrected chi connectivity index (χ4v) is 8.02. The molecule has 0 radical (unpaired) electrons. The molecule has 0 bridgehead atoms. The van der Waals surface area contributed by atoms with E-state index in [0.717, 1.165) is 29.6 Å². The molecule has 3 fully saturated rings. The van der Waals surface area contributed by atoms with Crippen LogP contribution < -0.4 is 0 Å². The maximum atomic E-state index is 2.73. The van der Waals surface area contributed by atoms with Gasteiger partial charge in [0.15, 0.2) is 0 Å². The summed E-state index contributed by atoms with van der Waals surface area (Å²) in [6.07, 6.45) is 37.7. The average Bonchev–Trinajstić information content (AvgIpc) is 3.00. The quantitative estimate of drug-likeness (QED) is 0.347. The Labute approximate surface area is 189 Å². The molecule has 0 aromatic heterocycles. The highest BCUT2D eigenvalue weighted by molar-refractivity contribution is 5.08. The predicted octanol–water partition coefficient (Wildman–Crippen LogP) is 10.0. The highest BCUT2D eigenvalue weighted by Gasteiger charge is 2.30. The van der Waals surface area contributed by atoms with Crippen molar-refractivity contribution in [2.24, 2.45) is 29.6 Å². The molecular formula is C30H52. The van der Waals surface area contributed by atoms with E-state index in [1.165, 1.54) is 96.3 Å². The SMILES string of the molecule is C1=C2CCC3CCCC4CCCCCCCC4CCC3CCCC2CCCCCC1. The number of fused-ring (bicyclic) bond motifs is 3. The van der Waals surface area contributed by atoms with Gasteiger partial charge in [0, 0.05) is 0 Å². The van der Waals surface area contributed by atoms with E-state index in [0.29, 0.717) is 0 Å². The summed E-state index contributed by atoms with van der Waals surface area (Å²) in [6, 6.07) is 0. The van der Waals surface area contributed by atoms with Gasteiger partial charge in [-0.2, -0.15) is 0 Å². The van der Waals surface area contributed by atoms with Crippen LogP contribution >= 0.6 is 0 Å². The fraction of sp³-hybridized carbons (Fsp3) is 0.933. The molecule has 0 amide bonds. The Morgan fingerprint density at radius 2 is 0.867 bits per heavy atom. The lowest BCUT2D eigenvalue weighted by Crippen LogP contribution is -2.17. The van der Waals surface area contributed by atoms with Gasteiger partial charge in [0.1, 0.15) is 0 Å². The van der Waals surface area contributed by atoms with Crippen LogP contribution in [0, 0.1) is 29.6 Å². The second-order valence-electron chi connectivity index (χ2n) is 11.8. The van der Waals surface area contributed by atoms with E-state index >= 15 is 0 Å². The lowest BCUT2D eigenvalue weighted by atomic mass is 9.77. The Balaban J connectivity index is 1.41. The van der Waals surface area contributed by atoms with Gasteiger partial charge < -0.3 is 0 Å². The highest BCUT2D eigenvalue weighted by Crippen LogP contribution is 2.43. The molecule has 0 aromatic rings. The van der Waals surface area contributed by atoms with Crippen LogP contribution in [0.15, 0.2) is 11.6 Å². The van der Waals surface area contributed by atoms with Gasteiger partial charge in [-0.25, -0.2) is 0 Å². The van der Waals surface area contributed by atoms with E-state index in [1.54, 1.807) is 51.4 Å². The van der Waals surface area contributed by atoms with E-state index < -0.39 is 0 Å². The molecule has 5 atom stereocenters. The standard InChI is InChI=1S/C30H52/c1-3-7-13-25-17-11-19-30-24-22-28-16-10-6-2-4-8-14-26(28)18-12-20-29(30)23-21-27(25)15-9-5-1/h15,25-26,28-30H,1-14,16-24H2. The molecule has 0 saturated heterocycles. The third kappa shape index (κ3) is 6.87. The summed E-state index contributed by atoms with van der Waals surface area (Å²) in [5.74, 6) is 5.22. The largest absolute Gasteiger partial charge is 0.0851 e. The first kappa shape index (κ1) is 22.9. The Morgan fingerprint density at radius 3 is 1.60 bits per heavy atom. The molecule has 0 nitrogen and oxygen atoms in total. The minimum Gasteiger partial charge on any atom is -0.0851 e. The molecule has 0 heterocycles. The van der Waals surface area contributed by atoms with E-state index in [-0.39, 0.29) is 0 Å². The monoisotopic (exact) mass is 412 g/mol. The van der Waals surface area contributed by atoms with Gasteiger partial charge in [-0.05, 0) is 81.0 Å². The van der Waals surface area contributed by atoms with E-state index in [1.807, 2.05) is 5.57 Å². The van der Waals surface area contributed by atoms with E-state index in [4.69, 9.17) is 0 Å². The molecule has 30 heavy (non-hydrogen) atoms. The van der Waals surface area contributed by atoms with Gasteiger partial charge in [0.05, 0.1) is 0 Å². The molecule has 4 rings (SSSR count). The molecule has 5 unspecified atom stereocenters. The summed E-state index contributed by atoms with van der Waals surface area (Å²) in [7, 11) is 0. The van der Waals surface area contributed by atoms with Crippen LogP contribution in [0.3, 0.4) is 0 Å².